The molecule has 0 radical (unpaired) electrons. The highest BCUT2D eigenvalue weighted by atomic mass is 32.1. The van der Waals surface area contributed by atoms with Crippen molar-refractivity contribution in [3.8, 4) is 22.8 Å². The highest BCUT2D eigenvalue weighted by Gasteiger charge is 2.19. The van der Waals surface area contributed by atoms with E-state index in [0.29, 0.717) is 16.6 Å². The Morgan fingerprint density at radius 1 is 1.03 bits per heavy atom. The Balaban J connectivity index is 1.45. The predicted molar refractivity (Wildman–Crippen MR) is 122 cm³/mol. The molecule has 0 saturated carbocycles. The normalized spacial score (nSPS) is 12.2. The molecular formula is C23H24N4O3S. The van der Waals surface area contributed by atoms with Gasteiger partial charge in [-0.25, -0.2) is 4.52 Å². The fraction of sp³-hybridized carbons (Fsp3) is 0.261. The van der Waals surface area contributed by atoms with E-state index >= 15 is 0 Å². The average molecular weight is 437 g/mol. The zero-order valence-corrected chi connectivity index (χ0v) is 18.6. The van der Waals surface area contributed by atoms with Crippen molar-refractivity contribution in [1.29, 1.82) is 0 Å². The van der Waals surface area contributed by atoms with Gasteiger partial charge < -0.3 is 9.47 Å². The second-order valence-corrected chi connectivity index (χ2v) is 8.29. The fourth-order valence-electron chi connectivity index (χ4n) is 3.10. The van der Waals surface area contributed by atoms with Crippen molar-refractivity contribution in [3.63, 3.8) is 0 Å². The monoisotopic (exact) mass is 436 g/mol. The number of hydrogen-bond donors (Lipinski definition) is 1. The van der Waals surface area contributed by atoms with E-state index in [0.717, 1.165) is 17.0 Å². The zero-order valence-electron chi connectivity index (χ0n) is 17.8. The zero-order chi connectivity index (χ0) is 22.0. The maximum atomic E-state index is 12.6. The summed E-state index contributed by atoms with van der Waals surface area (Å²) in [5, 5.41) is 9.17. The van der Waals surface area contributed by atoms with Crippen molar-refractivity contribution >= 4 is 28.2 Å². The lowest BCUT2D eigenvalue weighted by molar-refractivity contribution is -0.122. The molecular weight excluding hydrogens is 412 g/mol. The number of nitrogens with zero attached hydrogens (tertiary/aromatic N) is 3. The lowest BCUT2D eigenvalue weighted by atomic mass is 10.0. The quantitative estimate of drug-likeness (QED) is 0.441. The van der Waals surface area contributed by atoms with Gasteiger partial charge in [-0.2, -0.15) is 4.98 Å². The predicted octanol–water partition coefficient (Wildman–Crippen LogP) is 5.00. The van der Waals surface area contributed by atoms with Crippen LogP contribution in [0.5, 0.6) is 11.5 Å². The van der Waals surface area contributed by atoms with Crippen LogP contribution in [0.1, 0.15) is 32.3 Å². The minimum atomic E-state index is -0.688. The van der Waals surface area contributed by atoms with E-state index < -0.39 is 6.10 Å². The molecule has 0 aliphatic heterocycles. The number of hydrogen-bond acceptors (Lipinski definition) is 6. The number of carbonyl (C=O) groups excluding carboxylic acids is 1. The van der Waals surface area contributed by atoms with Crippen molar-refractivity contribution < 1.29 is 14.3 Å². The third kappa shape index (κ3) is 4.54. The van der Waals surface area contributed by atoms with Crippen LogP contribution in [0.3, 0.4) is 0 Å². The summed E-state index contributed by atoms with van der Waals surface area (Å²) in [6, 6.07) is 15.5. The summed E-state index contributed by atoms with van der Waals surface area (Å²) in [6.07, 6.45) is -0.688. The maximum absolute atomic E-state index is 12.6. The largest absolute Gasteiger partial charge is 0.497 e. The molecule has 1 unspecified atom stereocenters. The Kier molecular flexibility index (Phi) is 5.90. The van der Waals surface area contributed by atoms with Crippen molar-refractivity contribution in [2.45, 2.75) is 32.8 Å². The van der Waals surface area contributed by atoms with Crippen LogP contribution >= 0.6 is 11.3 Å². The number of ether oxygens (including phenoxy) is 2. The molecule has 2 aromatic carbocycles. The van der Waals surface area contributed by atoms with Gasteiger partial charge in [0, 0.05) is 10.9 Å². The number of benzene rings is 2. The second-order valence-electron chi connectivity index (χ2n) is 7.45. The number of thiazole rings is 1. The van der Waals surface area contributed by atoms with Gasteiger partial charge in [-0.3, -0.25) is 10.1 Å². The molecule has 0 saturated heterocycles. The van der Waals surface area contributed by atoms with E-state index in [2.05, 4.69) is 29.2 Å². The third-order valence-corrected chi connectivity index (χ3v) is 5.75. The van der Waals surface area contributed by atoms with Crippen molar-refractivity contribution in [3.05, 3.63) is 59.5 Å². The molecule has 31 heavy (non-hydrogen) atoms. The summed E-state index contributed by atoms with van der Waals surface area (Å²) < 4.78 is 12.7. The summed E-state index contributed by atoms with van der Waals surface area (Å²) in [5.74, 6) is 1.81. The number of anilines is 1. The smallest absolute Gasteiger partial charge is 0.267 e. The molecule has 4 rings (SSSR count). The highest BCUT2D eigenvalue weighted by Crippen LogP contribution is 2.27. The van der Waals surface area contributed by atoms with Gasteiger partial charge in [0.2, 0.25) is 4.96 Å². The molecule has 0 spiro atoms. The van der Waals surface area contributed by atoms with Crippen molar-refractivity contribution in [2.24, 2.45) is 0 Å². The Labute approximate surface area is 184 Å². The van der Waals surface area contributed by atoms with Crippen LogP contribution in [0, 0.1) is 0 Å². The lowest BCUT2D eigenvalue weighted by Crippen LogP contribution is -2.30. The first kappa shape index (κ1) is 20.9. The number of methoxy groups -OCH3 is 1. The Hall–Kier alpha value is -3.39. The Morgan fingerprint density at radius 3 is 2.35 bits per heavy atom. The van der Waals surface area contributed by atoms with E-state index in [1.807, 2.05) is 53.9 Å². The molecule has 7 nitrogen and oxygen atoms in total. The maximum Gasteiger partial charge on any atom is 0.267 e. The molecule has 1 atom stereocenters. The lowest BCUT2D eigenvalue weighted by Gasteiger charge is -2.14. The first-order chi connectivity index (χ1) is 14.9. The van der Waals surface area contributed by atoms with Crippen molar-refractivity contribution in [1.82, 2.24) is 14.6 Å². The molecule has 0 aliphatic carbocycles. The number of aromatic nitrogens is 3. The summed E-state index contributed by atoms with van der Waals surface area (Å²) in [4.78, 5) is 17.7. The van der Waals surface area contributed by atoms with Gasteiger partial charge in [0.05, 0.1) is 12.8 Å². The molecule has 0 aliphatic rings. The van der Waals surface area contributed by atoms with Crippen LogP contribution in [0.2, 0.25) is 0 Å². The Morgan fingerprint density at radius 2 is 1.71 bits per heavy atom. The molecule has 1 amide bonds. The van der Waals surface area contributed by atoms with Crippen LogP contribution in [0.4, 0.5) is 5.95 Å². The molecule has 160 valence electrons. The minimum absolute atomic E-state index is 0.247. The van der Waals surface area contributed by atoms with E-state index in [4.69, 9.17) is 9.47 Å². The van der Waals surface area contributed by atoms with Crippen molar-refractivity contribution in [2.75, 3.05) is 12.4 Å². The number of carbonyl (C=O) groups is 1. The van der Waals surface area contributed by atoms with Gasteiger partial charge in [-0.1, -0.05) is 26.0 Å². The van der Waals surface area contributed by atoms with E-state index in [9.17, 15) is 4.79 Å². The summed E-state index contributed by atoms with van der Waals surface area (Å²) in [6.45, 7) is 5.97. The summed E-state index contributed by atoms with van der Waals surface area (Å²) in [7, 11) is 1.63. The average Bonchev–Trinajstić information content (AvgIpc) is 3.34. The van der Waals surface area contributed by atoms with Crippen LogP contribution in [0.25, 0.3) is 16.2 Å². The first-order valence-corrected chi connectivity index (χ1v) is 10.9. The molecule has 1 N–H and O–H groups in total. The molecule has 8 heteroatoms. The van der Waals surface area contributed by atoms with E-state index in [1.165, 1.54) is 16.9 Å². The molecule has 0 fully saturated rings. The minimum Gasteiger partial charge on any atom is -0.497 e. The molecule has 2 heterocycles. The highest BCUT2D eigenvalue weighted by molar-refractivity contribution is 7.15. The molecule has 0 bridgehead atoms. The number of amides is 1. The summed E-state index contributed by atoms with van der Waals surface area (Å²) in [5.41, 5.74) is 3.10. The molecule has 2 aromatic heterocycles. The fourth-order valence-corrected chi connectivity index (χ4v) is 3.93. The van der Waals surface area contributed by atoms with Crippen LogP contribution in [0.15, 0.2) is 53.9 Å². The summed E-state index contributed by atoms with van der Waals surface area (Å²) >= 11 is 1.46. The first-order valence-electron chi connectivity index (χ1n) is 10.0. The number of rotatable bonds is 7. The SMILES string of the molecule is COc1ccc(-c2csc3nc(NC(=O)C(C)Oc4ccc(C(C)C)cc4)nn23)cc1. The van der Waals surface area contributed by atoms with Gasteiger partial charge in [0.15, 0.2) is 6.10 Å². The van der Waals surface area contributed by atoms with Crippen LogP contribution in [-0.2, 0) is 4.79 Å². The van der Waals surface area contributed by atoms with Gasteiger partial charge in [0.25, 0.3) is 11.9 Å². The number of nitrogens with one attached hydrogen (secondary N) is 1. The standard InChI is InChI=1S/C23H24N4O3S/c1-14(2)16-5-11-19(12-6-16)30-15(3)21(28)24-22-25-23-27(26-22)20(13-31-23)17-7-9-18(29-4)10-8-17/h5-15H,1-4H3,(H,24,26,28). The van der Waals surface area contributed by atoms with E-state index in [1.54, 1.807) is 18.5 Å². The van der Waals surface area contributed by atoms with Crippen LogP contribution < -0.4 is 14.8 Å². The van der Waals surface area contributed by atoms with Gasteiger partial charge in [-0.05, 0) is 54.8 Å². The van der Waals surface area contributed by atoms with Crippen LogP contribution in [-0.4, -0.2) is 33.7 Å². The third-order valence-electron chi connectivity index (χ3n) is 4.93. The van der Waals surface area contributed by atoms with Gasteiger partial charge >= 0.3 is 0 Å². The van der Waals surface area contributed by atoms with Gasteiger partial charge in [-0.15, -0.1) is 16.4 Å². The van der Waals surface area contributed by atoms with Gasteiger partial charge in [0.1, 0.15) is 11.5 Å². The molecule has 4 aromatic rings. The second kappa shape index (κ2) is 8.77. The van der Waals surface area contributed by atoms with E-state index in [-0.39, 0.29) is 11.9 Å². The number of fused-ring (bicyclic) bond motifs is 1. The Bertz CT molecular complexity index is 1180. The topological polar surface area (TPSA) is 77.8 Å².